The first-order chi connectivity index (χ1) is 16.9. The molecule has 2 aromatic carbocycles. The lowest BCUT2D eigenvalue weighted by molar-refractivity contribution is -0.120. The van der Waals surface area contributed by atoms with Gasteiger partial charge in [0.05, 0.1) is 25.5 Å². The van der Waals surface area contributed by atoms with Crippen molar-refractivity contribution in [1.29, 1.82) is 0 Å². The lowest BCUT2D eigenvalue weighted by Gasteiger charge is -2.39. The molecule has 1 amide bonds. The van der Waals surface area contributed by atoms with Crippen molar-refractivity contribution in [2.24, 2.45) is 0 Å². The second-order valence-electron chi connectivity index (χ2n) is 8.49. The molecule has 8 nitrogen and oxygen atoms in total. The van der Waals surface area contributed by atoms with Gasteiger partial charge in [0.1, 0.15) is 22.7 Å². The van der Waals surface area contributed by atoms with Gasteiger partial charge in [-0.2, -0.15) is 0 Å². The number of ether oxygens (including phenoxy) is 2. The minimum absolute atomic E-state index is 0.187. The van der Waals surface area contributed by atoms with Crippen LogP contribution >= 0.6 is 12.2 Å². The molecule has 0 bridgehead atoms. The molecule has 2 aliphatic rings. The largest absolute Gasteiger partial charge is 0.497 e. The van der Waals surface area contributed by atoms with Gasteiger partial charge in [0.2, 0.25) is 5.91 Å². The number of hydrogen-bond donors (Lipinski definition) is 1. The summed E-state index contributed by atoms with van der Waals surface area (Å²) < 4.78 is 15.2. The second kappa shape index (κ2) is 8.27. The lowest BCUT2D eigenvalue weighted by Crippen LogP contribution is -2.50. The fourth-order valence-electron chi connectivity index (χ4n) is 5.60. The number of hydrogen-bond acceptors (Lipinski definition) is 6. The van der Waals surface area contributed by atoms with Gasteiger partial charge < -0.3 is 24.3 Å². The van der Waals surface area contributed by atoms with E-state index in [0.717, 1.165) is 11.3 Å². The number of carbonyl (C=O) groups excluding carboxylic acids is 1. The number of para-hydroxylation sites is 1. The van der Waals surface area contributed by atoms with Crippen molar-refractivity contribution in [3.05, 3.63) is 68.2 Å². The van der Waals surface area contributed by atoms with Crippen LogP contribution in [0, 0.1) is 4.77 Å². The van der Waals surface area contributed by atoms with E-state index >= 15 is 0 Å². The van der Waals surface area contributed by atoms with Crippen LogP contribution in [0.25, 0.3) is 0 Å². The number of benzene rings is 2. The molecule has 0 saturated heterocycles. The van der Waals surface area contributed by atoms with E-state index in [1.54, 1.807) is 29.8 Å². The van der Waals surface area contributed by atoms with Crippen LogP contribution in [0.2, 0.25) is 0 Å². The van der Waals surface area contributed by atoms with Crippen LogP contribution in [-0.4, -0.2) is 35.8 Å². The zero-order valence-electron chi connectivity index (χ0n) is 20.5. The average molecular weight is 493 g/mol. The van der Waals surface area contributed by atoms with Crippen molar-refractivity contribution < 1.29 is 14.3 Å². The first-order valence-corrected chi connectivity index (χ1v) is 12.1. The van der Waals surface area contributed by atoms with Crippen molar-refractivity contribution in [2.75, 3.05) is 31.0 Å². The number of amides is 1. The second-order valence-corrected chi connectivity index (χ2v) is 8.86. The molecule has 2 aliphatic heterocycles. The van der Waals surface area contributed by atoms with E-state index in [0.29, 0.717) is 58.5 Å². The molecule has 5 rings (SSSR count). The maximum atomic E-state index is 14.6. The normalized spacial score (nSPS) is 17.6. The van der Waals surface area contributed by atoms with Crippen LogP contribution in [0.4, 0.5) is 17.2 Å². The van der Waals surface area contributed by atoms with Crippen molar-refractivity contribution >= 4 is 35.3 Å². The van der Waals surface area contributed by atoms with Gasteiger partial charge in [-0.3, -0.25) is 14.2 Å². The quantitative estimate of drug-likeness (QED) is 0.538. The van der Waals surface area contributed by atoms with Gasteiger partial charge in [-0.25, -0.2) is 0 Å². The smallest absolute Gasteiger partial charge is 0.261 e. The highest BCUT2D eigenvalue weighted by Gasteiger charge is 2.60. The number of aromatic nitrogens is 2. The van der Waals surface area contributed by atoms with E-state index in [4.69, 9.17) is 21.7 Å². The molecule has 3 aromatic rings. The molecule has 1 aromatic heterocycles. The summed E-state index contributed by atoms with van der Waals surface area (Å²) >= 11 is 5.72. The molecule has 1 atom stereocenters. The fourth-order valence-corrected chi connectivity index (χ4v) is 6.03. The number of carbonyl (C=O) groups is 1. The van der Waals surface area contributed by atoms with Crippen molar-refractivity contribution in [3.8, 4) is 11.5 Å². The molecule has 0 radical (unpaired) electrons. The molecule has 182 valence electrons. The molecular weight excluding hydrogens is 464 g/mol. The van der Waals surface area contributed by atoms with Gasteiger partial charge in [0.15, 0.2) is 4.77 Å². The number of fused-ring (bicyclic) bond motifs is 6. The zero-order valence-corrected chi connectivity index (χ0v) is 21.3. The Kier molecular flexibility index (Phi) is 5.47. The summed E-state index contributed by atoms with van der Waals surface area (Å²) in [6.07, 6.45) is 0. The van der Waals surface area contributed by atoms with Gasteiger partial charge in [0.25, 0.3) is 5.56 Å². The summed E-state index contributed by atoms with van der Waals surface area (Å²) in [5.41, 5.74) is 1.44. The third-order valence-corrected chi connectivity index (χ3v) is 7.52. The van der Waals surface area contributed by atoms with Crippen LogP contribution in [0.5, 0.6) is 11.5 Å². The Labute approximate surface area is 208 Å². The molecule has 1 spiro atoms. The average Bonchev–Trinajstić information content (AvgIpc) is 3.11. The molecule has 0 unspecified atom stereocenters. The standard InChI is InChI=1S/C26H28N4O4S/c1-6-28-18-12-10-9-11-16(18)26(24(28)32)20-17(13-15(33-4)14-19(20)34-5)27-22-21(26)23(31)30(8-3)25(35)29(22)7-2/h9-14,27H,6-8H2,1-5H3/t26-/m0/s1. The molecular formula is C26H28N4O4S. The third kappa shape index (κ3) is 2.81. The van der Waals surface area contributed by atoms with Crippen LogP contribution in [0.3, 0.4) is 0 Å². The van der Waals surface area contributed by atoms with Gasteiger partial charge in [-0.15, -0.1) is 0 Å². The number of likely N-dealkylation sites (N-methyl/N-ethyl adjacent to an activating group) is 1. The minimum atomic E-state index is -1.41. The Bertz CT molecular complexity index is 1490. The predicted molar refractivity (Wildman–Crippen MR) is 138 cm³/mol. The monoisotopic (exact) mass is 492 g/mol. The van der Waals surface area contributed by atoms with Crippen molar-refractivity contribution in [1.82, 2.24) is 9.13 Å². The summed E-state index contributed by atoms with van der Waals surface area (Å²) in [6, 6.07) is 11.3. The lowest BCUT2D eigenvalue weighted by atomic mass is 9.67. The summed E-state index contributed by atoms with van der Waals surface area (Å²) in [7, 11) is 3.14. The highest BCUT2D eigenvalue weighted by atomic mass is 32.1. The zero-order chi connectivity index (χ0) is 25.1. The highest BCUT2D eigenvalue weighted by Crippen LogP contribution is 2.58. The first-order valence-electron chi connectivity index (χ1n) is 11.7. The summed E-state index contributed by atoms with van der Waals surface area (Å²) in [4.78, 5) is 30.5. The van der Waals surface area contributed by atoms with Crippen LogP contribution < -0.4 is 25.2 Å². The van der Waals surface area contributed by atoms with Crippen molar-refractivity contribution in [2.45, 2.75) is 39.3 Å². The van der Waals surface area contributed by atoms with Crippen LogP contribution in [0.15, 0.2) is 41.2 Å². The van der Waals surface area contributed by atoms with Gasteiger partial charge in [0, 0.05) is 48.6 Å². The molecule has 0 saturated carbocycles. The van der Waals surface area contributed by atoms with Gasteiger partial charge >= 0.3 is 0 Å². The van der Waals surface area contributed by atoms with E-state index in [1.165, 1.54) is 0 Å². The van der Waals surface area contributed by atoms with E-state index < -0.39 is 5.41 Å². The number of nitrogens with zero attached hydrogens (tertiary/aromatic N) is 3. The summed E-state index contributed by atoms with van der Waals surface area (Å²) in [6.45, 7) is 7.16. The SMILES string of the molecule is CCN1C(=O)[C@@]2(c3ccccc31)c1c(cc(OC)cc1OC)Nc1c2c(=O)n(CC)c(=S)n1CC. The predicted octanol–water partition coefficient (Wildman–Crippen LogP) is 4.19. The topological polar surface area (TPSA) is 77.7 Å². The maximum Gasteiger partial charge on any atom is 0.261 e. The van der Waals surface area contributed by atoms with Crippen molar-refractivity contribution in [3.63, 3.8) is 0 Å². The Balaban J connectivity index is 2.07. The highest BCUT2D eigenvalue weighted by molar-refractivity contribution is 7.71. The Hall–Kier alpha value is -3.59. The summed E-state index contributed by atoms with van der Waals surface area (Å²) in [5, 5.41) is 3.43. The molecule has 35 heavy (non-hydrogen) atoms. The van der Waals surface area contributed by atoms with E-state index in [2.05, 4.69) is 5.32 Å². The third-order valence-electron chi connectivity index (χ3n) is 7.08. The molecule has 0 fully saturated rings. The van der Waals surface area contributed by atoms with E-state index in [-0.39, 0.29) is 11.5 Å². The Morgan fingerprint density at radius 3 is 2.29 bits per heavy atom. The summed E-state index contributed by atoms with van der Waals surface area (Å²) in [5.74, 6) is 1.37. The first kappa shape index (κ1) is 23.2. The molecule has 0 aliphatic carbocycles. The number of nitrogens with one attached hydrogen (secondary N) is 1. The van der Waals surface area contributed by atoms with Crippen LogP contribution in [-0.2, 0) is 23.3 Å². The van der Waals surface area contributed by atoms with Gasteiger partial charge in [-0.05, 0) is 39.1 Å². The maximum absolute atomic E-state index is 14.6. The number of rotatable bonds is 5. The van der Waals surface area contributed by atoms with E-state index in [1.807, 2.05) is 55.7 Å². The van der Waals surface area contributed by atoms with E-state index in [9.17, 15) is 9.59 Å². The minimum Gasteiger partial charge on any atom is -0.497 e. The Morgan fingerprint density at radius 1 is 0.943 bits per heavy atom. The molecule has 9 heteroatoms. The van der Waals surface area contributed by atoms with Crippen LogP contribution in [0.1, 0.15) is 37.5 Å². The molecule has 1 N–H and O–H groups in total. The molecule has 3 heterocycles. The van der Waals surface area contributed by atoms with Gasteiger partial charge in [-0.1, -0.05) is 18.2 Å². The number of methoxy groups -OCH3 is 2. The Morgan fingerprint density at radius 2 is 1.66 bits per heavy atom. The fraction of sp³-hybridized carbons (Fsp3) is 0.346. The number of anilines is 3.